The minimum absolute atomic E-state index is 0.0945. The lowest BCUT2D eigenvalue weighted by Crippen LogP contribution is -2.65. The van der Waals surface area contributed by atoms with Crippen LogP contribution in [0.25, 0.3) is 0 Å². The Morgan fingerprint density at radius 3 is 2.96 bits per heavy atom. The Bertz CT molecular complexity index is 819. The van der Waals surface area contributed by atoms with Gasteiger partial charge in [0.2, 0.25) is 0 Å². The smallest absolute Gasteiger partial charge is 0.272 e. The second-order valence-corrected chi connectivity index (χ2v) is 9.13. The van der Waals surface area contributed by atoms with Gasteiger partial charge < -0.3 is 14.8 Å². The van der Waals surface area contributed by atoms with Gasteiger partial charge in [-0.1, -0.05) is 23.9 Å². The first-order chi connectivity index (χ1) is 11.6. The number of fused-ring (bicyclic) bond motifs is 3. The van der Waals surface area contributed by atoms with Crippen molar-refractivity contribution in [3.05, 3.63) is 33.0 Å². The highest BCUT2D eigenvalue weighted by atomic mass is 79.9. The summed E-state index contributed by atoms with van der Waals surface area (Å²) in [5, 5.41) is 4.57. The number of nitrogens with zero attached hydrogens (tertiary/aromatic N) is 3. The van der Waals surface area contributed by atoms with Gasteiger partial charge in [0.15, 0.2) is 17.0 Å². The molecular formula is C16H16Br2N4OS. The fraction of sp³-hybridized carbons (Fsp3) is 0.500. The van der Waals surface area contributed by atoms with E-state index < -0.39 is 5.66 Å². The Morgan fingerprint density at radius 2 is 2.17 bits per heavy atom. The van der Waals surface area contributed by atoms with Crippen molar-refractivity contribution < 1.29 is 4.79 Å². The highest BCUT2D eigenvalue weighted by molar-refractivity contribution is 9.13. The van der Waals surface area contributed by atoms with Crippen LogP contribution in [0.3, 0.4) is 0 Å². The molecule has 8 heteroatoms. The van der Waals surface area contributed by atoms with E-state index >= 15 is 0 Å². The van der Waals surface area contributed by atoms with Crippen LogP contribution in [0.1, 0.15) is 29.5 Å². The number of amidine groups is 1. The number of hydrogen-bond donors (Lipinski definition) is 1. The third-order valence-electron chi connectivity index (χ3n) is 5.77. The molecule has 5 rings (SSSR count). The summed E-state index contributed by atoms with van der Waals surface area (Å²) in [6.45, 7) is 0.801. The molecule has 126 valence electrons. The summed E-state index contributed by atoms with van der Waals surface area (Å²) in [6.07, 6.45) is 8.45. The van der Waals surface area contributed by atoms with Crippen molar-refractivity contribution in [2.75, 3.05) is 12.8 Å². The van der Waals surface area contributed by atoms with E-state index in [9.17, 15) is 4.79 Å². The van der Waals surface area contributed by atoms with Crippen molar-refractivity contribution in [3.8, 4) is 0 Å². The molecule has 1 aliphatic carbocycles. The van der Waals surface area contributed by atoms with Gasteiger partial charge in [0.05, 0.1) is 4.47 Å². The number of aromatic nitrogens is 1. The molecule has 0 radical (unpaired) electrons. The van der Waals surface area contributed by atoms with E-state index in [1.54, 1.807) is 11.8 Å². The first-order valence-corrected chi connectivity index (χ1v) is 10.8. The second kappa shape index (κ2) is 5.14. The predicted octanol–water partition coefficient (Wildman–Crippen LogP) is 3.58. The number of thioether (sulfide) groups is 1. The van der Waals surface area contributed by atoms with Crippen molar-refractivity contribution in [3.63, 3.8) is 0 Å². The van der Waals surface area contributed by atoms with Crippen molar-refractivity contribution >= 4 is 54.7 Å². The number of carbonyl (C=O) groups is 1. The van der Waals surface area contributed by atoms with Gasteiger partial charge in [0, 0.05) is 12.5 Å². The largest absolute Gasteiger partial charge is 0.338 e. The fourth-order valence-electron chi connectivity index (χ4n) is 4.79. The molecular weight excluding hydrogens is 456 g/mol. The van der Waals surface area contributed by atoms with Crippen LogP contribution in [0.2, 0.25) is 0 Å². The summed E-state index contributed by atoms with van der Waals surface area (Å²) in [5.41, 5.74) is 0.257. The molecule has 1 aromatic rings. The molecule has 0 bridgehead atoms. The lowest BCUT2D eigenvalue weighted by atomic mass is 9.77. The highest BCUT2D eigenvalue weighted by Gasteiger charge is 2.65. The summed E-state index contributed by atoms with van der Waals surface area (Å²) >= 11 is 8.82. The standard InChI is InChI=1S/C16H16Br2N4OS/c1-24-15-19-14-16(20-15)9-5-3-2-4-8(9)7-21(16)13(23)11-6-10(17)12(18)22(11)14/h2-3,6,8-9,14H,4-5,7H2,1H3,(H,19,20)/t8-,9-,14+,16-/m1/s1. The minimum atomic E-state index is -0.446. The topological polar surface area (TPSA) is 49.6 Å². The Hall–Kier alpha value is -0.730. The van der Waals surface area contributed by atoms with Gasteiger partial charge in [0.1, 0.15) is 10.3 Å². The van der Waals surface area contributed by atoms with Crippen LogP contribution < -0.4 is 5.32 Å². The van der Waals surface area contributed by atoms with Crippen LogP contribution in [-0.4, -0.2) is 39.0 Å². The minimum Gasteiger partial charge on any atom is -0.338 e. The van der Waals surface area contributed by atoms with Crippen molar-refractivity contribution in [2.24, 2.45) is 16.8 Å². The molecule has 4 atom stereocenters. The van der Waals surface area contributed by atoms with Crippen molar-refractivity contribution in [2.45, 2.75) is 24.7 Å². The van der Waals surface area contributed by atoms with Crippen LogP contribution >= 0.6 is 43.6 Å². The molecule has 1 N–H and O–H groups in total. The molecule has 4 heterocycles. The predicted molar refractivity (Wildman–Crippen MR) is 102 cm³/mol. The quantitative estimate of drug-likeness (QED) is 0.588. The van der Waals surface area contributed by atoms with Crippen LogP contribution in [0.4, 0.5) is 0 Å². The maximum absolute atomic E-state index is 13.3. The van der Waals surface area contributed by atoms with Gasteiger partial charge in [-0.25, -0.2) is 4.99 Å². The van der Waals surface area contributed by atoms with Gasteiger partial charge in [-0.3, -0.25) is 4.79 Å². The summed E-state index contributed by atoms with van der Waals surface area (Å²) in [6, 6.07) is 1.91. The fourth-order valence-corrected chi connectivity index (χ4v) is 6.17. The van der Waals surface area contributed by atoms with E-state index in [0.717, 1.165) is 33.6 Å². The normalized spacial score (nSPS) is 36.0. The van der Waals surface area contributed by atoms with Crippen molar-refractivity contribution in [1.82, 2.24) is 14.8 Å². The second-order valence-electron chi connectivity index (χ2n) is 6.73. The maximum Gasteiger partial charge on any atom is 0.272 e. The summed E-state index contributed by atoms with van der Waals surface area (Å²) in [4.78, 5) is 20.3. The van der Waals surface area contributed by atoms with Gasteiger partial charge in [-0.05, 0) is 62.9 Å². The molecule has 1 amide bonds. The number of halogens is 2. The first kappa shape index (κ1) is 15.5. The zero-order chi connectivity index (χ0) is 16.6. The Morgan fingerprint density at radius 1 is 1.38 bits per heavy atom. The number of rotatable bonds is 0. The Kier molecular flexibility index (Phi) is 3.32. The molecule has 24 heavy (non-hydrogen) atoms. The van der Waals surface area contributed by atoms with Crippen molar-refractivity contribution in [1.29, 1.82) is 0 Å². The molecule has 5 nitrogen and oxygen atoms in total. The number of allylic oxidation sites excluding steroid dienone is 2. The van der Waals surface area contributed by atoms with E-state index in [1.165, 1.54) is 0 Å². The summed E-state index contributed by atoms with van der Waals surface area (Å²) < 4.78 is 3.84. The highest BCUT2D eigenvalue weighted by Crippen LogP contribution is 2.55. The summed E-state index contributed by atoms with van der Waals surface area (Å²) in [7, 11) is 0. The Balaban J connectivity index is 1.75. The zero-order valence-corrected chi connectivity index (χ0v) is 17.0. The third kappa shape index (κ3) is 1.72. The number of amides is 1. The SMILES string of the molecule is CSC1=N[C@H]2n3c(cc(Br)c3Br)C(=O)N3C[C@H]4CC=CC[C@H]4[C@]23N1. The van der Waals surface area contributed by atoms with E-state index in [1.807, 2.05) is 12.3 Å². The van der Waals surface area contributed by atoms with E-state index in [-0.39, 0.29) is 12.1 Å². The molecule has 0 saturated carbocycles. The Labute approximate surface area is 161 Å². The van der Waals surface area contributed by atoms with Crippen LogP contribution in [0.15, 0.2) is 32.3 Å². The van der Waals surface area contributed by atoms with Crippen LogP contribution in [0.5, 0.6) is 0 Å². The van der Waals surface area contributed by atoms with E-state index in [4.69, 9.17) is 4.99 Å². The number of aliphatic imine (C=N–C) groups is 1. The maximum atomic E-state index is 13.3. The van der Waals surface area contributed by atoms with Gasteiger partial charge in [-0.2, -0.15) is 0 Å². The van der Waals surface area contributed by atoms with Gasteiger partial charge in [0.25, 0.3) is 5.91 Å². The number of carbonyl (C=O) groups excluding carboxylic acids is 1. The third-order valence-corrected chi connectivity index (χ3v) is 8.31. The van der Waals surface area contributed by atoms with E-state index in [0.29, 0.717) is 17.5 Å². The molecule has 1 saturated heterocycles. The lowest BCUT2D eigenvalue weighted by Gasteiger charge is -2.47. The molecule has 4 aliphatic rings. The average molecular weight is 472 g/mol. The molecule has 3 aliphatic heterocycles. The lowest BCUT2D eigenvalue weighted by molar-refractivity contribution is 0.0158. The molecule has 0 unspecified atom stereocenters. The molecule has 0 aromatic carbocycles. The zero-order valence-electron chi connectivity index (χ0n) is 13.0. The average Bonchev–Trinajstić information content (AvgIpc) is 3.22. The van der Waals surface area contributed by atoms with Crippen LogP contribution in [0, 0.1) is 11.8 Å². The molecule has 1 fully saturated rings. The molecule has 1 aromatic heterocycles. The van der Waals surface area contributed by atoms with Gasteiger partial charge in [-0.15, -0.1) is 0 Å². The summed E-state index contributed by atoms with van der Waals surface area (Å²) in [5.74, 6) is 0.973. The van der Waals surface area contributed by atoms with E-state index in [2.05, 4.69) is 58.8 Å². The first-order valence-electron chi connectivity index (χ1n) is 8.01. The van der Waals surface area contributed by atoms with Crippen LogP contribution in [-0.2, 0) is 0 Å². The van der Waals surface area contributed by atoms with Gasteiger partial charge >= 0.3 is 0 Å². The molecule has 1 spiro atoms. The number of hydrogen-bond acceptors (Lipinski definition) is 4. The number of nitrogens with one attached hydrogen (secondary N) is 1. The monoisotopic (exact) mass is 470 g/mol.